The fourth-order valence-corrected chi connectivity index (χ4v) is 4.04. The van der Waals surface area contributed by atoms with Crippen molar-refractivity contribution in [2.24, 2.45) is 0 Å². The molecule has 0 saturated heterocycles. The maximum atomic E-state index is 15.1. The molecule has 0 nitrogen and oxygen atoms in total. The van der Waals surface area contributed by atoms with Crippen molar-refractivity contribution in [1.29, 1.82) is 0 Å². The van der Waals surface area contributed by atoms with E-state index in [0.29, 0.717) is 24.0 Å². The summed E-state index contributed by atoms with van der Waals surface area (Å²) in [4.78, 5) is 0. The fraction of sp³-hybridized carbons (Fsp3) is 0.250. The predicted molar refractivity (Wildman–Crippen MR) is 102 cm³/mol. The zero-order chi connectivity index (χ0) is 19.0. The maximum absolute atomic E-state index is 15.1. The van der Waals surface area contributed by atoms with Gasteiger partial charge in [0, 0.05) is 0 Å². The van der Waals surface area contributed by atoms with Crippen LogP contribution < -0.4 is 0 Å². The van der Waals surface area contributed by atoms with Gasteiger partial charge in [-0.25, -0.2) is 13.2 Å². The van der Waals surface area contributed by atoms with E-state index in [1.807, 2.05) is 0 Å². The van der Waals surface area contributed by atoms with E-state index in [0.717, 1.165) is 18.4 Å². The van der Waals surface area contributed by atoms with Gasteiger partial charge in [-0.15, -0.1) is 0 Å². The predicted octanol–water partition coefficient (Wildman–Crippen LogP) is 6.61. The summed E-state index contributed by atoms with van der Waals surface area (Å²) in [7, 11) is 0. The van der Waals surface area contributed by atoms with Crippen LogP contribution in [0.2, 0.25) is 0 Å². The van der Waals surface area contributed by atoms with Gasteiger partial charge in [0.15, 0.2) is 0 Å². The summed E-state index contributed by atoms with van der Waals surface area (Å²) in [6, 6.07) is 15.3. The van der Waals surface area contributed by atoms with Gasteiger partial charge in [0.25, 0.3) is 0 Å². The Morgan fingerprint density at radius 3 is 2.30 bits per heavy atom. The number of hydrogen-bond donors (Lipinski definition) is 0. The molecule has 0 aromatic heterocycles. The van der Waals surface area contributed by atoms with Crippen molar-refractivity contribution in [3.63, 3.8) is 0 Å². The summed E-state index contributed by atoms with van der Waals surface area (Å²) in [6.45, 7) is 2.12. The van der Waals surface area contributed by atoms with E-state index in [2.05, 4.69) is 31.2 Å². The molecule has 0 fully saturated rings. The molecule has 138 valence electrons. The first-order valence-electron chi connectivity index (χ1n) is 9.41. The molecule has 27 heavy (non-hydrogen) atoms. The lowest BCUT2D eigenvalue weighted by Gasteiger charge is -2.26. The Balaban J connectivity index is 1.67. The molecule has 1 unspecified atom stereocenters. The third-order valence-electron chi connectivity index (χ3n) is 5.61. The van der Waals surface area contributed by atoms with E-state index >= 15 is 4.39 Å². The summed E-state index contributed by atoms with van der Waals surface area (Å²) >= 11 is 0. The van der Waals surface area contributed by atoms with E-state index in [4.69, 9.17) is 0 Å². The van der Waals surface area contributed by atoms with E-state index < -0.39 is 17.5 Å². The minimum atomic E-state index is -0.583. The lowest BCUT2D eigenvalue weighted by Crippen LogP contribution is -2.15. The van der Waals surface area contributed by atoms with Crippen LogP contribution in [0.25, 0.3) is 11.1 Å². The van der Waals surface area contributed by atoms with Crippen LogP contribution in [0.4, 0.5) is 13.2 Å². The molecule has 0 spiro atoms. The molecule has 3 aromatic carbocycles. The molecular weight excluding hydrogens is 345 g/mol. The second kappa shape index (κ2) is 7.22. The summed E-state index contributed by atoms with van der Waals surface area (Å²) in [5.41, 5.74) is 4.16. The van der Waals surface area contributed by atoms with Gasteiger partial charge in [0.1, 0.15) is 17.5 Å². The monoisotopic (exact) mass is 366 g/mol. The standard InChI is InChI=1S/C24H21F3/c1-2-15-3-5-16(6-4-15)18-9-12-21-19(13-18)14-22(26)23(24(21)27)17-7-10-20(25)11-8-17/h3-8,10-11,14,18H,2,9,12-13H2,1H3. The lowest BCUT2D eigenvalue weighted by atomic mass is 9.78. The molecule has 0 radical (unpaired) electrons. The van der Waals surface area contributed by atoms with Gasteiger partial charge < -0.3 is 0 Å². The summed E-state index contributed by atoms with van der Waals surface area (Å²) in [5, 5.41) is 0. The fourth-order valence-electron chi connectivity index (χ4n) is 4.04. The first-order valence-corrected chi connectivity index (χ1v) is 9.41. The largest absolute Gasteiger partial charge is 0.207 e. The molecule has 0 aliphatic heterocycles. The second-order valence-electron chi connectivity index (χ2n) is 7.23. The average molecular weight is 366 g/mol. The molecule has 0 amide bonds. The molecule has 3 heteroatoms. The second-order valence-corrected chi connectivity index (χ2v) is 7.23. The third-order valence-corrected chi connectivity index (χ3v) is 5.61. The molecule has 0 bridgehead atoms. The molecule has 0 heterocycles. The maximum Gasteiger partial charge on any atom is 0.137 e. The van der Waals surface area contributed by atoms with Gasteiger partial charge in [0.2, 0.25) is 0 Å². The molecule has 1 aliphatic carbocycles. The minimum Gasteiger partial charge on any atom is -0.207 e. The first kappa shape index (κ1) is 17.8. The highest BCUT2D eigenvalue weighted by molar-refractivity contribution is 5.67. The first-order chi connectivity index (χ1) is 13.1. The van der Waals surface area contributed by atoms with E-state index in [1.165, 1.54) is 41.5 Å². The minimum absolute atomic E-state index is 0.0560. The molecular formula is C24H21F3. The van der Waals surface area contributed by atoms with Crippen molar-refractivity contribution in [3.05, 3.63) is 94.3 Å². The van der Waals surface area contributed by atoms with E-state index in [1.54, 1.807) is 0 Å². The molecule has 0 saturated carbocycles. The summed E-state index contributed by atoms with van der Waals surface area (Å²) in [6.07, 6.45) is 3.05. The molecule has 4 rings (SSSR count). The number of halogens is 3. The van der Waals surface area contributed by atoms with Gasteiger partial charge in [-0.1, -0.05) is 43.3 Å². The average Bonchev–Trinajstić information content (AvgIpc) is 2.69. The number of rotatable bonds is 3. The Labute approximate surface area is 157 Å². The summed E-state index contributed by atoms with van der Waals surface area (Å²) in [5.74, 6) is -1.23. The number of aryl methyl sites for hydroxylation is 1. The lowest BCUT2D eigenvalue weighted by molar-refractivity contribution is 0.526. The Morgan fingerprint density at radius 1 is 0.926 bits per heavy atom. The quantitative estimate of drug-likeness (QED) is 0.489. The Bertz CT molecular complexity index is 956. The number of fused-ring (bicyclic) bond motifs is 1. The van der Waals surface area contributed by atoms with Crippen molar-refractivity contribution < 1.29 is 13.2 Å². The van der Waals surface area contributed by atoms with Crippen LogP contribution in [-0.2, 0) is 19.3 Å². The highest BCUT2D eigenvalue weighted by Gasteiger charge is 2.26. The van der Waals surface area contributed by atoms with E-state index in [9.17, 15) is 8.78 Å². The highest BCUT2D eigenvalue weighted by atomic mass is 19.1. The van der Waals surface area contributed by atoms with Gasteiger partial charge in [-0.2, -0.15) is 0 Å². The van der Waals surface area contributed by atoms with Gasteiger partial charge in [-0.05, 0) is 77.6 Å². The van der Waals surface area contributed by atoms with Crippen molar-refractivity contribution in [2.75, 3.05) is 0 Å². The van der Waals surface area contributed by atoms with Crippen LogP contribution in [0.15, 0.2) is 54.6 Å². The number of hydrogen-bond acceptors (Lipinski definition) is 0. The van der Waals surface area contributed by atoms with Crippen LogP contribution in [0, 0.1) is 17.5 Å². The molecule has 3 aromatic rings. The van der Waals surface area contributed by atoms with Crippen LogP contribution in [0.3, 0.4) is 0 Å². The smallest absolute Gasteiger partial charge is 0.137 e. The third kappa shape index (κ3) is 3.39. The van der Waals surface area contributed by atoms with Crippen molar-refractivity contribution >= 4 is 0 Å². The topological polar surface area (TPSA) is 0 Å². The van der Waals surface area contributed by atoms with Crippen molar-refractivity contribution in [2.45, 2.75) is 38.5 Å². The van der Waals surface area contributed by atoms with Crippen LogP contribution in [0.1, 0.15) is 41.5 Å². The summed E-state index contributed by atoms with van der Waals surface area (Å²) < 4.78 is 43.0. The highest BCUT2D eigenvalue weighted by Crippen LogP contribution is 2.38. The zero-order valence-corrected chi connectivity index (χ0v) is 15.2. The number of benzene rings is 3. The Morgan fingerprint density at radius 2 is 1.63 bits per heavy atom. The van der Waals surface area contributed by atoms with Gasteiger partial charge >= 0.3 is 0 Å². The Kier molecular flexibility index (Phi) is 4.77. The normalized spacial score (nSPS) is 16.2. The van der Waals surface area contributed by atoms with Crippen molar-refractivity contribution in [3.8, 4) is 11.1 Å². The zero-order valence-electron chi connectivity index (χ0n) is 15.2. The van der Waals surface area contributed by atoms with Crippen LogP contribution in [-0.4, -0.2) is 0 Å². The Hall–Kier alpha value is -2.55. The van der Waals surface area contributed by atoms with Crippen LogP contribution in [0.5, 0.6) is 0 Å². The van der Waals surface area contributed by atoms with Crippen LogP contribution >= 0.6 is 0 Å². The molecule has 0 N–H and O–H groups in total. The van der Waals surface area contributed by atoms with E-state index in [-0.39, 0.29) is 11.5 Å². The molecule has 1 aliphatic rings. The van der Waals surface area contributed by atoms with Gasteiger partial charge in [-0.3, -0.25) is 0 Å². The van der Waals surface area contributed by atoms with Crippen molar-refractivity contribution in [1.82, 2.24) is 0 Å². The SMILES string of the molecule is CCc1ccc(C2CCc3c(cc(F)c(-c4ccc(F)cc4)c3F)C2)cc1. The molecule has 1 atom stereocenters. The van der Waals surface area contributed by atoms with Gasteiger partial charge in [0.05, 0.1) is 5.56 Å².